The first kappa shape index (κ1) is 17.5. The van der Waals surface area contributed by atoms with E-state index in [0.29, 0.717) is 41.7 Å². The van der Waals surface area contributed by atoms with E-state index in [2.05, 4.69) is 15.6 Å². The number of thioether (sulfide) groups is 1. The zero-order valence-electron chi connectivity index (χ0n) is 12.8. The van der Waals surface area contributed by atoms with Gasteiger partial charge in [0.2, 0.25) is 5.91 Å². The zero-order valence-corrected chi connectivity index (χ0v) is 14.4. The van der Waals surface area contributed by atoms with Gasteiger partial charge in [-0.3, -0.25) is 9.59 Å². The summed E-state index contributed by atoms with van der Waals surface area (Å²) in [4.78, 5) is 27.7. The fraction of sp³-hybridized carbons (Fsp3) is 0.533. The first-order chi connectivity index (χ1) is 11.4. The van der Waals surface area contributed by atoms with Crippen LogP contribution in [0.1, 0.15) is 25.0 Å². The molecule has 1 aliphatic carbocycles. The predicted octanol–water partition coefficient (Wildman–Crippen LogP) is 1.48. The van der Waals surface area contributed by atoms with Crippen molar-refractivity contribution in [3.8, 4) is 0 Å². The Balaban J connectivity index is 1.64. The Hall–Kier alpha value is -1.35. The Kier molecular flexibility index (Phi) is 5.29. The molecule has 1 fully saturated rings. The summed E-state index contributed by atoms with van der Waals surface area (Å²) < 4.78 is 0. The number of aliphatic carboxylic acids is 1. The van der Waals surface area contributed by atoms with Gasteiger partial charge in [-0.2, -0.15) is 0 Å². The molecular weight excluding hydrogens is 354 g/mol. The maximum Gasteiger partial charge on any atom is 0.306 e. The SMILES string of the molecule is O=C1CSc2cc(Cl)c(CN[C@H]3CC[C@H](C(=O)O)C[C@@H]3O)nc2N1. The summed E-state index contributed by atoms with van der Waals surface area (Å²) in [6.45, 7) is 0.339. The number of aromatic nitrogens is 1. The number of hydrogen-bond acceptors (Lipinski definition) is 6. The van der Waals surface area contributed by atoms with Gasteiger partial charge in [0.05, 0.1) is 33.4 Å². The van der Waals surface area contributed by atoms with Crippen LogP contribution in [0.2, 0.25) is 5.02 Å². The number of rotatable bonds is 4. The molecule has 2 heterocycles. The number of carboxylic acid groups (broad SMARTS) is 1. The molecule has 24 heavy (non-hydrogen) atoms. The van der Waals surface area contributed by atoms with Crippen molar-refractivity contribution < 1.29 is 19.8 Å². The monoisotopic (exact) mass is 371 g/mol. The van der Waals surface area contributed by atoms with Crippen LogP contribution in [0.15, 0.2) is 11.0 Å². The van der Waals surface area contributed by atoms with E-state index < -0.39 is 18.0 Å². The summed E-state index contributed by atoms with van der Waals surface area (Å²) in [5.41, 5.74) is 0.589. The minimum absolute atomic E-state index is 0.0938. The van der Waals surface area contributed by atoms with Crippen molar-refractivity contribution in [2.24, 2.45) is 5.92 Å². The number of amides is 1. The second-order valence-corrected chi connectivity index (χ2v) is 7.43. The highest BCUT2D eigenvalue weighted by Gasteiger charge is 2.32. The number of aliphatic hydroxyl groups is 1. The number of nitrogens with one attached hydrogen (secondary N) is 2. The number of nitrogens with zero attached hydrogens (tertiary/aromatic N) is 1. The molecule has 0 saturated heterocycles. The normalized spacial score (nSPS) is 26.6. The quantitative estimate of drug-likeness (QED) is 0.634. The summed E-state index contributed by atoms with van der Waals surface area (Å²) in [7, 11) is 0. The third kappa shape index (κ3) is 3.83. The van der Waals surface area contributed by atoms with Crippen LogP contribution in [0.5, 0.6) is 0 Å². The fourth-order valence-electron chi connectivity index (χ4n) is 2.98. The molecule has 1 aliphatic heterocycles. The number of fused-ring (bicyclic) bond motifs is 1. The van der Waals surface area contributed by atoms with E-state index in [9.17, 15) is 14.7 Å². The van der Waals surface area contributed by atoms with Crippen LogP contribution in [0.4, 0.5) is 5.82 Å². The molecule has 0 unspecified atom stereocenters. The second kappa shape index (κ2) is 7.26. The molecule has 2 aliphatic rings. The van der Waals surface area contributed by atoms with Crippen molar-refractivity contribution in [1.82, 2.24) is 10.3 Å². The molecule has 9 heteroatoms. The third-order valence-electron chi connectivity index (χ3n) is 4.33. The first-order valence-corrected chi connectivity index (χ1v) is 9.06. The number of aliphatic hydroxyl groups excluding tert-OH is 1. The number of halogens is 1. The molecule has 0 radical (unpaired) electrons. The number of pyridine rings is 1. The highest BCUT2D eigenvalue weighted by molar-refractivity contribution is 8.00. The van der Waals surface area contributed by atoms with Crippen LogP contribution >= 0.6 is 23.4 Å². The first-order valence-electron chi connectivity index (χ1n) is 7.70. The average Bonchev–Trinajstić information content (AvgIpc) is 2.54. The molecule has 1 amide bonds. The molecule has 0 spiro atoms. The van der Waals surface area contributed by atoms with Crippen molar-refractivity contribution in [2.75, 3.05) is 11.1 Å². The lowest BCUT2D eigenvalue weighted by molar-refractivity contribution is -0.144. The number of carbonyl (C=O) groups excluding carboxylic acids is 1. The molecule has 3 atom stereocenters. The van der Waals surface area contributed by atoms with Crippen LogP contribution in [0.3, 0.4) is 0 Å². The largest absolute Gasteiger partial charge is 0.481 e. The maximum atomic E-state index is 11.5. The van der Waals surface area contributed by atoms with Crippen LogP contribution in [-0.2, 0) is 16.1 Å². The summed E-state index contributed by atoms with van der Waals surface area (Å²) in [6, 6.07) is 1.58. The summed E-state index contributed by atoms with van der Waals surface area (Å²) in [5.74, 6) is -0.589. The fourth-order valence-corrected chi connectivity index (χ4v) is 4.06. The molecule has 0 bridgehead atoms. The van der Waals surface area contributed by atoms with Gasteiger partial charge in [-0.05, 0) is 25.3 Å². The minimum atomic E-state index is -0.861. The van der Waals surface area contributed by atoms with Crippen LogP contribution < -0.4 is 10.6 Å². The van der Waals surface area contributed by atoms with E-state index in [1.54, 1.807) is 6.07 Å². The second-order valence-electron chi connectivity index (χ2n) is 6.00. The van der Waals surface area contributed by atoms with E-state index in [1.165, 1.54) is 11.8 Å². The molecule has 130 valence electrons. The van der Waals surface area contributed by atoms with Crippen molar-refractivity contribution in [3.05, 3.63) is 16.8 Å². The average molecular weight is 372 g/mol. The van der Waals surface area contributed by atoms with Gasteiger partial charge >= 0.3 is 5.97 Å². The highest BCUT2D eigenvalue weighted by atomic mass is 35.5. The lowest BCUT2D eigenvalue weighted by Gasteiger charge is -2.32. The topological polar surface area (TPSA) is 112 Å². The third-order valence-corrected chi connectivity index (χ3v) is 5.68. The lowest BCUT2D eigenvalue weighted by atomic mass is 9.84. The number of carbonyl (C=O) groups is 2. The van der Waals surface area contributed by atoms with E-state index in [-0.39, 0.29) is 18.4 Å². The maximum absolute atomic E-state index is 11.5. The Morgan fingerprint density at radius 2 is 2.29 bits per heavy atom. The highest BCUT2D eigenvalue weighted by Crippen LogP contribution is 2.33. The van der Waals surface area contributed by atoms with Gasteiger partial charge in [-0.25, -0.2) is 4.98 Å². The van der Waals surface area contributed by atoms with Gasteiger partial charge in [0.25, 0.3) is 0 Å². The summed E-state index contributed by atoms with van der Waals surface area (Å²) >= 11 is 7.64. The number of carboxylic acids is 1. The van der Waals surface area contributed by atoms with Gasteiger partial charge < -0.3 is 20.8 Å². The Labute approximate surface area is 148 Å². The molecule has 7 nitrogen and oxygen atoms in total. The van der Waals surface area contributed by atoms with Gasteiger partial charge in [-0.1, -0.05) is 11.6 Å². The standard InChI is InChI=1S/C15H18ClN3O4S/c16-8-4-12-14(19-13(21)6-24-12)18-10(8)5-17-9-2-1-7(15(22)23)3-11(9)20/h4,7,9,11,17,20H,1-3,5-6H2,(H,22,23)(H,18,19,21)/t7-,9-,11-/m0/s1. The molecular formula is C15H18ClN3O4S. The summed E-state index contributed by atoms with van der Waals surface area (Å²) in [5, 5.41) is 25.6. The molecule has 0 aromatic carbocycles. The number of hydrogen-bond donors (Lipinski definition) is 4. The smallest absolute Gasteiger partial charge is 0.306 e. The molecule has 3 rings (SSSR count). The molecule has 1 aromatic heterocycles. The van der Waals surface area contributed by atoms with E-state index in [4.69, 9.17) is 16.7 Å². The van der Waals surface area contributed by atoms with E-state index in [0.717, 1.165) is 4.90 Å². The van der Waals surface area contributed by atoms with E-state index >= 15 is 0 Å². The van der Waals surface area contributed by atoms with Gasteiger partial charge in [-0.15, -0.1) is 11.8 Å². The van der Waals surface area contributed by atoms with Gasteiger partial charge in [0.15, 0.2) is 0 Å². The van der Waals surface area contributed by atoms with E-state index in [1.807, 2.05) is 0 Å². The predicted molar refractivity (Wildman–Crippen MR) is 90.2 cm³/mol. The Morgan fingerprint density at radius 1 is 1.50 bits per heavy atom. The van der Waals surface area contributed by atoms with Crippen molar-refractivity contribution in [3.63, 3.8) is 0 Å². The Morgan fingerprint density at radius 3 is 3.00 bits per heavy atom. The zero-order chi connectivity index (χ0) is 17.3. The molecule has 1 saturated carbocycles. The molecule has 4 N–H and O–H groups in total. The van der Waals surface area contributed by atoms with Gasteiger partial charge in [0, 0.05) is 12.6 Å². The Bertz CT molecular complexity index is 672. The van der Waals surface area contributed by atoms with Crippen molar-refractivity contribution >= 4 is 41.1 Å². The lowest BCUT2D eigenvalue weighted by Crippen LogP contribution is -2.45. The summed E-state index contributed by atoms with van der Waals surface area (Å²) in [6.07, 6.45) is 0.631. The minimum Gasteiger partial charge on any atom is -0.481 e. The molecule has 1 aromatic rings. The van der Waals surface area contributed by atoms with Crippen LogP contribution in [-0.4, -0.2) is 45.0 Å². The van der Waals surface area contributed by atoms with Crippen LogP contribution in [0.25, 0.3) is 0 Å². The van der Waals surface area contributed by atoms with Crippen LogP contribution in [0, 0.1) is 5.92 Å². The number of anilines is 1. The van der Waals surface area contributed by atoms with Crippen molar-refractivity contribution in [2.45, 2.75) is 42.8 Å². The van der Waals surface area contributed by atoms with Gasteiger partial charge in [0.1, 0.15) is 5.82 Å². The van der Waals surface area contributed by atoms with Crippen molar-refractivity contribution in [1.29, 1.82) is 0 Å².